The molecule has 0 unspecified atom stereocenters. The third kappa shape index (κ3) is 2.77. The molecule has 2 N–H and O–H groups in total. The van der Waals surface area contributed by atoms with E-state index in [1.165, 1.54) is 0 Å². The summed E-state index contributed by atoms with van der Waals surface area (Å²) in [7, 11) is 0. The summed E-state index contributed by atoms with van der Waals surface area (Å²) in [5, 5.41) is 11.0. The van der Waals surface area contributed by atoms with Crippen LogP contribution in [0.5, 0.6) is 0 Å². The van der Waals surface area contributed by atoms with Crippen molar-refractivity contribution in [2.75, 3.05) is 5.32 Å². The van der Waals surface area contributed by atoms with Gasteiger partial charge in [-0.15, -0.1) is 0 Å². The number of aromatic amines is 1. The lowest BCUT2D eigenvalue weighted by molar-refractivity contribution is 1.09. The summed E-state index contributed by atoms with van der Waals surface area (Å²) in [4.78, 5) is 4.33. The smallest absolute Gasteiger partial charge is 0.161 e. The quantitative estimate of drug-likeness (QED) is 0.564. The molecule has 4 aromatic rings. The summed E-state index contributed by atoms with van der Waals surface area (Å²) in [5.41, 5.74) is 4.22. The van der Waals surface area contributed by atoms with Crippen molar-refractivity contribution < 1.29 is 0 Å². The minimum Gasteiger partial charge on any atom is -0.323 e. The highest BCUT2D eigenvalue weighted by molar-refractivity contribution is 5.89. The van der Waals surface area contributed by atoms with Crippen molar-refractivity contribution in [3.8, 4) is 22.4 Å². The number of anilines is 2. The molecule has 0 saturated heterocycles. The third-order valence-electron chi connectivity index (χ3n) is 3.80. The van der Waals surface area contributed by atoms with Crippen molar-refractivity contribution >= 4 is 11.6 Å². The highest BCUT2D eigenvalue weighted by Crippen LogP contribution is 2.36. The van der Waals surface area contributed by atoms with E-state index in [0.29, 0.717) is 0 Å². The Morgan fingerprint density at radius 1 is 0.708 bits per heavy atom. The summed E-state index contributed by atoms with van der Waals surface area (Å²) in [6.07, 6.45) is 1.76. The van der Waals surface area contributed by atoms with E-state index < -0.39 is 0 Å². The summed E-state index contributed by atoms with van der Waals surface area (Å²) in [6.45, 7) is 0. The normalized spacial score (nSPS) is 10.5. The fourth-order valence-electron chi connectivity index (χ4n) is 2.69. The van der Waals surface area contributed by atoms with E-state index >= 15 is 0 Å². The van der Waals surface area contributed by atoms with Gasteiger partial charge in [0.1, 0.15) is 5.82 Å². The molecule has 0 aliphatic carbocycles. The highest BCUT2D eigenvalue weighted by atomic mass is 15.2. The van der Waals surface area contributed by atoms with Crippen LogP contribution in [0.2, 0.25) is 0 Å². The van der Waals surface area contributed by atoms with Gasteiger partial charge in [-0.05, 0) is 17.7 Å². The Morgan fingerprint density at radius 2 is 1.38 bits per heavy atom. The number of pyridine rings is 1. The predicted octanol–water partition coefficient (Wildman–Crippen LogP) is 4.88. The van der Waals surface area contributed by atoms with Crippen molar-refractivity contribution in [1.82, 2.24) is 15.2 Å². The molecule has 4 heteroatoms. The molecule has 0 fully saturated rings. The Morgan fingerprint density at radius 3 is 2.04 bits per heavy atom. The van der Waals surface area contributed by atoms with Crippen molar-refractivity contribution in [3.63, 3.8) is 0 Å². The lowest BCUT2D eigenvalue weighted by atomic mass is 10.0. The number of aromatic nitrogens is 3. The van der Waals surface area contributed by atoms with Gasteiger partial charge in [-0.1, -0.05) is 66.7 Å². The Balaban J connectivity index is 1.84. The summed E-state index contributed by atoms with van der Waals surface area (Å²) in [5.74, 6) is 1.53. The second kappa shape index (κ2) is 6.38. The van der Waals surface area contributed by atoms with Gasteiger partial charge in [0.05, 0.1) is 11.3 Å². The first-order chi connectivity index (χ1) is 11.9. The number of nitrogens with zero attached hydrogens (tertiary/aromatic N) is 2. The molecule has 0 bridgehead atoms. The molecule has 116 valence electrons. The summed E-state index contributed by atoms with van der Waals surface area (Å²) in [6, 6.07) is 26.2. The molecule has 0 atom stereocenters. The van der Waals surface area contributed by atoms with Crippen LogP contribution in [0.4, 0.5) is 11.6 Å². The maximum absolute atomic E-state index is 4.49. The zero-order valence-electron chi connectivity index (χ0n) is 13.0. The fourth-order valence-corrected chi connectivity index (χ4v) is 2.69. The number of H-pyrrole nitrogens is 1. The second-order valence-electron chi connectivity index (χ2n) is 5.39. The maximum atomic E-state index is 4.49. The number of rotatable bonds is 4. The van der Waals surface area contributed by atoms with Gasteiger partial charge in [0.15, 0.2) is 5.82 Å². The molecule has 2 aromatic carbocycles. The first-order valence-corrected chi connectivity index (χ1v) is 7.79. The van der Waals surface area contributed by atoms with Gasteiger partial charge in [-0.2, -0.15) is 5.10 Å². The lowest BCUT2D eigenvalue weighted by Gasteiger charge is -2.08. The van der Waals surface area contributed by atoms with Crippen molar-refractivity contribution in [2.24, 2.45) is 0 Å². The standard InChI is InChI=1S/C20H16N4/c1-3-9-15(10-4-1)18-19(16-11-5-2-6-12-16)23-24-20(18)22-17-13-7-8-14-21-17/h1-14H,(H2,21,22,23,24). The number of nitrogens with one attached hydrogen (secondary N) is 2. The molecule has 2 heterocycles. The monoisotopic (exact) mass is 312 g/mol. The van der Waals surface area contributed by atoms with Crippen LogP contribution in [0.25, 0.3) is 22.4 Å². The largest absolute Gasteiger partial charge is 0.323 e. The van der Waals surface area contributed by atoms with Gasteiger partial charge < -0.3 is 5.32 Å². The topological polar surface area (TPSA) is 53.6 Å². The van der Waals surface area contributed by atoms with Gasteiger partial charge in [0.25, 0.3) is 0 Å². The summed E-state index contributed by atoms with van der Waals surface area (Å²) >= 11 is 0. The molecule has 4 rings (SSSR count). The van der Waals surface area contributed by atoms with Gasteiger partial charge >= 0.3 is 0 Å². The van der Waals surface area contributed by atoms with E-state index in [-0.39, 0.29) is 0 Å². The fraction of sp³-hybridized carbons (Fsp3) is 0. The molecule has 4 nitrogen and oxygen atoms in total. The highest BCUT2D eigenvalue weighted by Gasteiger charge is 2.16. The van der Waals surface area contributed by atoms with Crippen molar-refractivity contribution in [1.29, 1.82) is 0 Å². The van der Waals surface area contributed by atoms with Crippen molar-refractivity contribution in [2.45, 2.75) is 0 Å². The molecular weight excluding hydrogens is 296 g/mol. The van der Waals surface area contributed by atoms with Crippen LogP contribution in [0.15, 0.2) is 85.1 Å². The Bertz CT molecular complexity index is 916. The average Bonchev–Trinajstić information content (AvgIpc) is 3.07. The Labute approximate surface area is 140 Å². The second-order valence-corrected chi connectivity index (χ2v) is 5.39. The molecule has 0 radical (unpaired) electrons. The van der Waals surface area contributed by atoms with E-state index in [9.17, 15) is 0 Å². The van der Waals surface area contributed by atoms with E-state index in [1.807, 2.05) is 54.6 Å². The first-order valence-electron chi connectivity index (χ1n) is 7.79. The van der Waals surface area contributed by atoms with E-state index in [2.05, 4.69) is 44.8 Å². The zero-order valence-corrected chi connectivity index (χ0v) is 13.0. The van der Waals surface area contributed by atoms with Crippen LogP contribution in [0.3, 0.4) is 0 Å². The number of hydrogen-bond acceptors (Lipinski definition) is 3. The maximum Gasteiger partial charge on any atom is 0.161 e. The SMILES string of the molecule is c1ccc(-c2[nH]nc(Nc3ccccn3)c2-c2ccccc2)cc1. The van der Waals surface area contributed by atoms with E-state index in [4.69, 9.17) is 0 Å². The minimum atomic E-state index is 0.763. The third-order valence-corrected chi connectivity index (χ3v) is 3.80. The van der Waals surface area contributed by atoms with Gasteiger partial charge in [-0.3, -0.25) is 5.10 Å². The number of benzene rings is 2. The molecule has 0 aliphatic heterocycles. The van der Waals surface area contributed by atoms with Gasteiger partial charge in [-0.25, -0.2) is 4.98 Å². The molecule has 24 heavy (non-hydrogen) atoms. The van der Waals surface area contributed by atoms with Gasteiger partial charge in [0, 0.05) is 11.8 Å². The molecule has 2 aromatic heterocycles. The van der Waals surface area contributed by atoms with Crippen LogP contribution in [0.1, 0.15) is 0 Å². The first kappa shape index (κ1) is 14.2. The Kier molecular flexibility index (Phi) is 3.78. The number of hydrogen-bond donors (Lipinski definition) is 2. The van der Waals surface area contributed by atoms with E-state index in [1.54, 1.807) is 6.20 Å². The van der Waals surface area contributed by atoms with Crippen LogP contribution in [0, 0.1) is 0 Å². The van der Waals surface area contributed by atoms with Gasteiger partial charge in [0.2, 0.25) is 0 Å². The van der Waals surface area contributed by atoms with Crippen LogP contribution in [-0.2, 0) is 0 Å². The molecule has 0 saturated carbocycles. The van der Waals surface area contributed by atoms with Crippen LogP contribution < -0.4 is 5.32 Å². The average molecular weight is 312 g/mol. The van der Waals surface area contributed by atoms with Crippen LogP contribution >= 0.6 is 0 Å². The molecular formula is C20H16N4. The predicted molar refractivity (Wildman–Crippen MR) is 97.0 cm³/mol. The lowest BCUT2D eigenvalue weighted by Crippen LogP contribution is -1.95. The van der Waals surface area contributed by atoms with Crippen molar-refractivity contribution in [3.05, 3.63) is 85.1 Å². The summed E-state index contributed by atoms with van der Waals surface area (Å²) < 4.78 is 0. The molecule has 0 spiro atoms. The molecule has 0 aliphatic rings. The van der Waals surface area contributed by atoms with Crippen LogP contribution in [-0.4, -0.2) is 15.2 Å². The minimum absolute atomic E-state index is 0.763. The zero-order chi connectivity index (χ0) is 16.2. The van der Waals surface area contributed by atoms with E-state index in [0.717, 1.165) is 34.0 Å². The Hall–Kier alpha value is -3.40. The molecule has 0 amide bonds.